The van der Waals surface area contributed by atoms with Gasteiger partial charge in [0.2, 0.25) is 10.0 Å². The quantitative estimate of drug-likeness (QED) is 0.729. The number of rotatable bonds is 4. The summed E-state index contributed by atoms with van der Waals surface area (Å²) in [5.41, 5.74) is 7.28. The van der Waals surface area contributed by atoms with E-state index in [0.717, 1.165) is 11.0 Å². The maximum atomic E-state index is 12.0. The second-order valence-electron chi connectivity index (χ2n) is 6.40. The van der Waals surface area contributed by atoms with Crippen molar-refractivity contribution >= 4 is 32.6 Å². The SMILES string of the molecule is CCS(=O)(=O)N1CCN(c2cnc(N)c(-c3cc4ccccc4o3)n2)CC1.[HH]. The van der Waals surface area contributed by atoms with Crippen molar-refractivity contribution in [3.8, 4) is 11.5 Å². The predicted octanol–water partition coefficient (Wildman–Crippen LogP) is 2.19. The van der Waals surface area contributed by atoms with Gasteiger partial charge in [-0.3, -0.25) is 0 Å². The highest BCUT2D eigenvalue weighted by atomic mass is 32.2. The Kier molecular flexibility index (Phi) is 4.48. The first-order valence-electron chi connectivity index (χ1n) is 8.82. The van der Waals surface area contributed by atoms with Gasteiger partial charge in [-0.2, -0.15) is 4.31 Å². The van der Waals surface area contributed by atoms with E-state index in [-0.39, 0.29) is 7.18 Å². The topological polar surface area (TPSA) is 106 Å². The maximum Gasteiger partial charge on any atom is 0.213 e. The summed E-state index contributed by atoms with van der Waals surface area (Å²) >= 11 is 0. The summed E-state index contributed by atoms with van der Waals surface area (Å²) in [5, 5.41) is 0.970. The number of nitrogen functional groups attached to an aromatic ring is 1. The first-order valence-corrected chi connectivity index (χ1v) is 10.4. The third kappa shape index (κ3) is 3.35. The number of nitrogens with two attached hydrogens (primary N) is 1. The highest BCUT2D eigenvalue weighted by molar-refractivity contribution is 7.89. The molecule has 0 aliphatic carbocycles. The largest absolute Gasteiger partial charge is 0.454 e. The van der Waals surface area contributed by atoms with E-state index in [4.69, 9.17) is 10.2 Å². The van der Waals surface area contributed by atoms with E-state index in [0.29, 0.717) is 49.3 Å². The van der Waals surface area contributed by atoms with Gasteiger partial charge < -0.3 is 15.1 Å². The minimum absolute atomic E-state index is 0. The van der Waals surface area contributed by atoms with Crippen LogP contribution in [0.1, 0.15) is 8.35 Å². The first-order chi connectivity index (χ1) is 13.0. The molecule has 3 heterocycles. The fourth-order valence-electron chi connectivity index (χ4n) is 3.20. The molecule has 0 unspecified atom stereocenters. The van der Waals surface area contributed by atoms with Crippen LogP contribution in [0.15, 0.2) is 40.9 Å². The number of para-hydroxylation sites is 1. The number of hydrogen-bond acceptors (Lipinski definition) is 7. The van der Waals surface area contributed by atoms with Gasteiger partial charge in [0.1, 0.15) is 11.4 Å². The van der Waals surface area contributed by atoms with Gasteiger partial charge in [-0.15, -0.1) is 0 Å². The third-order valence-electron chi connectivity index (χ3n) is 4.77. The zero-order chi connectivity index (χ0) is 19.0. The van der Waals surface area contributed by atoms with E-state index >= 15 is 0 Å². The lowest BCUT2D eigenvalue weighted by Crippen LogP contribution is -2.49. The normalized spacial score (nSPS) is 16.1. The van der Waals surface area contributed by atoms with Gasteiger partial charge in [-0.05, 0) is 19.1 Å². The van der Waals surface area contributed by atoms with E-state index in [1.54, 1.807) is 13.1 Å². The molecule has 0 saturated carbocycles. The molecule has 0 bridgehead atoms. The second-order valence-corrected chi connectivity index (χ2v) is 8.65. The van der Waals surface area contributed by atoms with Gasteiger partial charge in [0.15, 0.2) is 17.3 Å². The van der Waals surface area contributed by atoms with E-state index in [2.05, 4.69) is 9.97 Å². The fraction of sp³-hybridized carbons (Fsp3) is 0.333. The fourth-order valence-corrected chi connectivity index (χ4v) is 4.28. The molecule has 9 heteroatoms. The molecule has 0 amide bonds. The third-order valence-corrected chi connectivity index (χ3v) is 6.65. The monoisotopic (exact) mass is 389 g/mol. The summed E-state index contributed by atoms with van der Waals surface area (Å²) in [4.78, 5) is 10.9. The van der Waals surface area contributed by atoms with Crippen LogP contribution in [-0.4, -0.2) is 54.6 Å². The molecule has 1 aliphatic heterocycles. The lowest BCUT2D eigenvalue weighted by molar-refractivity contribution is 0.384. The van der Waals surface area contributed by atoms with Crippen LogP contribution in [0.25, 0.3) is 22.4 Å². The number of furan rings is 1. The van der Waals surface area contributed by atoms with Crippen LogP contribution in [0, 0.1) is 0 Å². The summed E-state index contributed by atoms with van der Waals surface area (Å²) in [5.74, 6) is 1.64. The molecule has 2 N–H and O–H groups in total. The number of sulfonamides is 1. The molecule has 8 nitrogen and oxygen atoms in total. The molecule has 27 heavy (non-hydrogen) atoms. The molecule has 0 atom stereocenters. The Bertz CT molecular complexity index is 1040. The molecule has 1 saturated heterocycles. The number of benzene rings is 1. The summed E-state index contributed by atoms with van der Waals surface area (Å²) in [6, 6.07) is 9.59. The summed E-state index contributed by atoms with van der Waals surface area (Å²) in [6.07, 6.45) is 1.62. The van der Waals surface area contributed by atoms with Crippen LogP contribution in [0.4, 0.5) is 11.6 Å². The average molecular weight is 389 g/mol. The number of piperazine rings is 1. The number of aromatic nitrogens is 2. The van der Waals surface area contributed by atoms with Gasteiger partial charge >= 0.3 is 0 Å². The maximum absolute atomic E-state index is 12.0. The Morgan fingerprint density at radius 2 is 1.96 bits per heavy atom. The standard InChI is InChI=1S/C18H21N5O3S.H2/c1-2-27(24,25)23-9-7-22(8-10-23)16-12-20-18(19)17(21-16)15-11-13-5-3-4-6-14(13)26-15;/h3-6,11-12H,2,7-10H2,1H3,(H2,19,20);1H. The Morgan fingerprint density at radius 3 is 2.67 bits per heavy atom. The number of anilines is 2. The van der Waals surface area contributed by atoms with E-state index in [9.17, 15) is 8.42 Å². The summed E-state index contributed by atoms with van der Waals surface area (Å²) in [7, 11) is -3.16. The molecular formula is C18H23N5O3S. The lowest BCUT2D eigenvalue weighted by atomic mass is 10.2. The van der Waals surface area contributed by atoms with Crippen LogP contribution < -0.4 is 10.6 Å². The van der Waals surface area contributed by atoms with Gasteiger partial charge in [0.25, 0.3) is 0 Å². The van der Waals surface area contributed by atoms with Crippen molar-refractivity contribution in [3.05, 3.63) is 36.5 Å². The van der Waals surface area contributed by atoms with E-state index in [1.807, 2.05) is 35.2 Å². The first kappa shape index (κ1) is 17.7. The van der Waals surface area contributed by atoms with Crippen molar-refractivity contribution in [3.63, 3.8) is 0 Å². The summed E-state index contributed by atoms with van der Waals surface area (Å²) in [6.45, 7) is 3.63. The highest BCUT2D eigenvalue weighted by Gasteiger charge is 2.26. The van der Waals surface area contributed by atoms with E-state index < -0.39 is 10.0 Å². The van der Waals surface area contributed by atoms with Crippen molar-refractivity contribution in [2.75, 3.05) is 42.6 Å². The van der Waals surface area contributed by atoms with Crippen molar-refractivity contribution in [2.45, 2.75) is 6.92 Å². The molecular weight excluding hydrogens is 366 g/mol. The van der Waals surface area contributed by atoms with E-state index in [1.165, 1.54) is 4.31 Å². The van der Waals surface area contributed by atoms with Crippen molar-refractivity contribution in [2.24, 2.45) is 0 Å². The molecule has 1 fully saturated rings. The Morgan fingerprint density at radius 1 is 1.22 bits per heavy atom. The van der Waals surface area contributed by atoms with Crippen LogP contribution in [0.3, 0.4) is 0 Å². The Hall–Kier alpha value is -2.65. The van der Waals surface area contributed by atoms with Crippen molar-refractivity contribution < 1.29 is 14.3 Å². The molecule has 0 radical (unpaired) electrons. The minimum atomic E-state index is -3.16. The van der Waals surface area contributed by atoms with Crippen LogP contribution in [0.5, 0.6) is 0 Å². The smallest absolute Gasteiger partial charge is 0.213 e. The highest BCUT2D eigenvalue weighted by Crippen LogP contribution is 2.30. The van der Waals surface area contributed by atoms with Crippen LogP contribution in [-0.2, 0) is 10.0 Å². The predicted molar refractivity (Wildman–Crippen MR) is 107 cm³/mol. The number of fused-ring (bicyclic) bond motifs is 1. The van der Waals surface area contributed by atoms with Gasteiger partial charge in [0.05, 0.1) is 11.9 Å². The molecule has 144 valence electrons. The van der Waals surface area contributed by atoms with Gasteiger partial charge in [-0.25, -0.2) is 18.4 Å². The molecule has 1 aliphatic rings. The molecule has 0 spiro atoms. The van der Waals surface area contributed by atoms with Gasteiger partial charge in [-0.1, -0.05) is 18.2 Å². The van der Waals surface area contributed by atoms with Crippen molar-refractivity contribution in [1.82, 2.24) is 14.3 Å². The molecule has 1 aromatic carbocycles. The number of hydrogen-bond donors (Lipinski definition) is 1. The van der Waals surface area contributed by atoms with Gasteiger partial charge in [0, 0.05) is 33.0 Å². The second kappa shape index (κ2) is 6.82. The summed E-state index contributed by atoms with van der Waals surface area (Å²) < 4.78 is 31.4. The molecule has 4 rings (SSSR count). The van der Waals surface area contributed by atoms with Crippen LogP contribution in [0.2, 0.25) is 0 Å². The van der Waals surface area contributed by atoms with Crippen molar-refractivity contribution in [1.29, 1.82) is 0 Å². The average Bonchev–Trinajstić information content (AvgIpc) is 3.12. The lowest BCUT2D eigenvalue weighted by Gasteiger charge is -2.34. The minimum Gasteiger partial charge on any atom is -0.454 e. The zero-order valence-corrected chi connectivity index (χ0v) is 15.8. The van der Waals surface area contributed by atoms with Crippen LogP contribution >= 0.6 is 0 Å². The Balaban J connectivity index is 0.00000225. The molecule has 3 aromatic rings. The molecule has 2 aromatic heterocycles. The Labute approximate surface area is 159 Å². The number of nitrogens with zero attached hydrogens (tertiary/aromatic N) is 4. The zero-order valence-electron chi connectivity index (χ0n) is 15.0.